The fourth-order valence-corrected chi connectivity index (χ4v) is 5.00. The van der Waals surface area contributed by atoms with Gasteiger partial charge in [-0.25, -0.2) is 13.4 Å². The number of nitrogens with zero attached hydrogens (tertiary/aromatic N) is 3. The van der Waals surface area contributed by atoms with Crippen molar-refractivity contribution >= 4 is 32.8 Å². The Balaban J connectivity index is 2.37. The van der Waals surface area contributed by atoms with Crippen molar-refractivity contribution in [3.05, 3.63) is 52.8 Å². The fourth-order valence-electron chi connectivity index (χ4n) is 2.18. The van der Waals surface area contributed by atoms with E-state index in [0.717, 1.165) is 11.3 Å². The van der Waals surface area contributed by atoms with Gasteiger partial charge in [-0.2, -0.15) is 0 Å². The van der Waals surface area contributed by atoms with E-state index in [2.05, 4.69) is 4.98 Å². The quantitative estimate of drug-likeness (QED) is 0.570. The minimum absolute atomic E-state index is 0.189. The molecule has 0 fully saturated rings. The molecular formula is C17H21N3O3S2. The van der Waals surface area contributed by atoms with Crippen molar-refractivity contribution in [3.8, 4) is 0 Å². The van der Waals surface area contributed by atoms with Crippen LogP contribution in [0.4, 0.5) is 5.69 Å². The number of hydrogen-bond acceptors (Lipinski definition) is 6. The molecule has 0 aliphatic heterocycles. The van der Waals surface area contributed by atoms with Crippen molar-refractivity contribution in [2.45, 2.75) is 18.1 Å². The highest BCUT2D eigenvalue weighted by molar-refractivity contribution is 7.94. The highest BCUT2D eigenvalue weighted by atomic mass is 32.2. The van der Waals surface area contributed by atoms with Gasteiger partial charge in [0.1, 0.15) is 0 Å². The van der Waals surface area contributed by atoms with Crippen LogP contribution in [0, 0.1) is 13.8 Å². The molecule has 0 saturated carbocycles. The SMILES string of the molecule is Cc1nc(C)c(S(=O)(=O)N(C)c2cccc(C(=O)C=CN(C)C)c2)s1. The summed E-state index contributed by atoms with van der Waals surface area (Å²) < 4.78 is 27.1. The van der Waals surface area contributed by atoms with Gasteiger partial charge < -0.3 is 4.90 Å². The van der Waals surface area contributed by atoms with E-state index in [1.807, 2.05) is 14.1 Å². The molecule has 0 N–H and O–H groups in total. The molecule has 134 valence electrons. The lowest BCUT2D eigenvalue weighted by atomic mass is 10.1. The molecule has 6 nitrogen and oxygen atoms in total. The zero-order valence-corrected chi connectivity index (χ0v) is 16.5. The van der Waals surface area contributed by atoms with Crippen LogP contribution in [-0.4, -0.2) is 45.2 Å². The van der Waals surface area contributed by atoms with Gasteiger partial charge in [0.25, 0.3) is 10.0 Å². The van der Waals surface area contributed by atoms with Crippen LogP contribution in [0.1, 0.15) is 21.1 Å². The molecule has 2 rings (SSSR count). The van der Waals surface area contributed by atoms with Gasteiger partial charge in [-0.1, -0.05) is 12.1 Å². The van der Waals surface area contributed by atoms with Gasteiger partial charge in [-0.05, 0) is 26.0 Å². The predicted molar refractivity (Wildman–Crippen MR) is 101 cm³/mol. The monoisotopic (exact) mass is 379 g/mol. The van der Waals surface area contributed by atoms with E-state index in [0.29, 0.717) is 22.0 Å². The summed E-state index contributed by atoms with van der Waals surface area (Å²) in [4.78, 5) is 18.2. The van der Waals surface area contributed by atoms with Crippen LogP contribution < -0.4 is 4.31 Å². The molecule has 0 saturated heterocycles. The number of sulfonamides is 1. The van der Waals surface area contributed by atoms with E-state index in [-0.39, 0.29) is 9.99 Å². The largest absolute Gasteiger partial charge is 0.383 e. The number of ketones is 1. The van der Waals surface area contributed by atoms with Crippen LogP contribution in [0.2, 0.25) is 0 Å². The van der Waals surface area contributed by atoms with E-state index >= 15 is 0 Å². The van der Waals surface area contributed by atoms with E-state index in [9.17, 15) is 13.2 Å². The summed E-state index contributed by atoms with van der Waals surface area (Å²) >= 11 is 1.14. The highest BCUT2D eigenvalue weighted by Crippen LogP contribution is 2.29. The number of allylic oxidation sites excluding steroid dienone is 1. The summed E-state index contributed by atoms with van der Waals surface area (Å²) in [6.45, 7) is 3.45. The first-order valence-corrected chi connectivity index (χ1v) is 9.80. The van der Waals surface area contributed by atoms with Crippen LogP contribution in [0.5, 0.6) is 0 Å². The third-order valence-electron chi connectivity index (χ3n) is 3.47. The standard InChI is InChI=1S/C17H21N3O3S2/c1-12-17(24-13(2)18-12)25(22,23)20(5)15-8-6-7-14(11-15)16(21)9-10-19(3)4/h6-11H,1-5H3. The summed E-state index contributed by atoms with van der Waals surface area (Å²) in [7, 11) is 1.40. The maximum Gasteiger partial charge on any atom is 0.275 e. The van der Waals surface area contributed by atoms with E-state index in [1.165, 1.54) is 17.4 Å². The van der Waals surface area contributed by atoms with Gasteiger partial charge in [0, 0.05) is 39.0 Å². The van der Waals surface area contributed by atoms with Gasteiger partial charge >= 0.3 is 0 Å². The third kappa shape index (κ3) is 4.26. The molecule has 0 amide bonds. The molecule has 2 aromatic rings. The third-order valence-corrected chi connectivity index (χ3v) is 6.92. The van der Waals surface area contributed by atoms with E-state index in [1.54, 1.807) is 49.2 Å². The van der Waals surface area contributed by atoms with Gasteiger partial charge in [0.15, 0.2) is 9.99 Å². The normalized spacial score (nSPS) is 11.7. The van der Waals surface area contributed by atoms with Gasteiger partial charge in [-0.15, -0.1) is 11.3 Å². The minimum Gasteiger partial charge on any atom is -0.383 e. The second-order valence-electron chi connectivity index (χ2n) is 5.77. The number of hydrogen-bond donors (Lipinski definition) is 0. The molecule has 0 unspecified atom stereocenters. The van der Waals surface area contributed by atoms with Crippen LogP contribution in [0.25, 0.3) is 0 Å². The Labute approximate surface area is 152 Å². The Kier molecular flexibility index (Phi) is 5.64. The average Bonchev–Trinajstić information content (AvgIpc) is 2.91. The molecule has 0 aliphatic carbocycles. The number of benzene rings is 1. The molecule has 1 aromatic heterocycles. The van der Waals surface area contributed by atoms with Crippen molar-refractivity contribution in [2.75, 3.05) is 25.4 Å². The van der Waals surface area contributed by atoms with Crippen LogP contribution >= 0.6 is 11.3 Å². The van der Waals surface area contributed by atoms with Crippen molar-refractivity contribution in [2.24, 2.45) is 0 Å². The summed E-state index contributed by atoms with van der Waals surface area (Å²) in [6.07, 6.45) is 3.10. The Hall–Kier alpha value is -2.19. The lowest BCUT2D eigenvalue weighted by Crippen LogP contribution is -2.26. The lowest BCUT2D eigenvalue weighted by molar-refractivity contribution is 0.104. The van der Waals surface area contributed by atoms with Crippen LogP contribution in [-0.2, 0) is 10.0 Å². The van der Waals surface area contributed by atoms with Crippen molar-refractivity contribution in [1.82, 2.24) is 9.88 Å². The van der Waals surface area contributed by atoms with Crippen LogP contribution in [0.3, 0.4) is 0 Å². The number of carbonyl (C=O) groups is 1. The summed E-state index contributed by atoms with van der Waals surface area (Å²) in [5, 5.41) is 0.697. The second kappa shape index (κ2) is 7.37. The molecule has 0 spiro atoms. The lowest BCUT2D eigenvalue weighted by Gasteiger charge is -2.19. The molecule has 0 aliphatic rings. The zero-order valence-electron chi connectivity index (χ0n) is 14.8. The summed E-state index contributed by atoms with van der Waals surface area (Å²) in [5.74, 6) is -0.189. The number of carbonyl (C=O) groups excluding carboxylic acids is 1. The number of aromatic nitrogens is 1. The number of thiazole rings is 1. The molecule has 1 aromatic carbocycles. The number of aryl methyl sites for hydroxylation is 2. The highest BCUT2D eigenvalue weighted by Gasteiger charge is 2.26. The first-order valence-electron chi connectivity index (χ1n) is 7.55. The maximum atomic E-state index is 12.9. The molecule has 0 radical (unpaired) electrons. The average molecular weight is 380 g/mol. The summed E-state index contributed by atoms with van der Waals surface area (Å²) in [6, 6.07) is 6.56. The molecule has 0 atom stereocenters. The van der Waals surface area contributed by atoms with E-state index < -0.39 is 10.0 Å². The van der Waals surface area contributed by atoms with Gasteiger partial charge in [0.2, 0.25) is 0 Å². The topological polar surface area (TPSA) is 70.6 Å². The Bertz CT molecular complexity index is 915. The van der Waals surface area contributed by atoms with Gasteiger partial charge in [-0.3, -0.25) is 9.10 Å². The Morgan fingerprint density at radius 2 is 1.88 bits per heavy atom. The Morgan fingerprint density at radius 3 is 2.44 bits per heavy atom. The van der Waals surface area contributed by atoms with Crippen molar-refractivity contribution in [1.29, 1.82) is 0 Å². The molecule has 0 bridgehead atoms. The second-order valence-corrected chi connectivity index (χ2v) is 9.14. The van der Waals surface area contributed by atoms with Crippen molar-refractivity contribution < 1.29 is 13.2 Å². The van der Waals surface area contributed by atoms with Crippen molar-refractivity contribution in [3.63, 3.8) is 0 Å². The number of rotatable bonds is 6. The first kappa shape index (κ1) is 19.1. The smallest absolute Gasteiger partial charge is 0.275 e. The molecular weight excluding hydrogens is 358 g/mol. The minimum atomic E-state index is -3.72. The zero-order chi connectivity index (χ0) is 18.8. The Morgan fingerprint density at radius 1 is 1.20 bits per heavy atom. The molecule has 1 heterocycles. The van der Waals surface area contributed by atoms with Crippen LogP contribution in [0.15, 0.2) is 40.8 Å². The first-order chi connectivity index (χ1) is 11.6. The number of anilines is 1. The molecule has 25 heavy (non-hydrogen) atoms. The molecule has 8 heteroatoms. The maximum absolute atomic E-state index is 12.9. The van der Waals surface area contributed by atoms with Gasteiger partial charge in [0.05, 0.1) is 16.4 Å². The predicted octanol–water partition coefficient (Wildman–Crippen LogP) is 2.84. The summed E-state index contributed by atoms with van der Waals surface area (Å²) in [5.41, 5.74) is 1.33. The van der Waals surface area contributed by atoms with E-state index in [4.69, 9.17) is 0 Å². The fraction of sp³-hybridized carbons (Fsp3) is 0.294.